The van der Waals surface area contributed by atoms with Crippen LogP contribution in [0.25, 0.3) is 0 Å². The Bertz CT molecular complexity index is 2380. The number of ether oxygens (including phenoxy) is 2. The molecule has 0 radical (unpaired) electrons. The van der Waals surface area contributed by atoms with Crippen LogP contribution in [-0.4, -0.2) is 80.9 Å². The maximum atomic E-state index is 15.3. The molecule has 0 aromatic carbocycles. The third-order valence-corrected chi connectivity index (χ3v) is 21.1. The number of aliphatic hydroxyl groups excluding tert-OH is 2. The van der Waals surface area contributed by atoms with E-state index in [1.165, 1.54) is 35.5 Å². The van der Waals surface area contributed by atoms with Crippen LogP contribution < -0.4 is 10.6 Å². The van der Waals surface area contributed by atoms with Crippen LogP contribution in [0.4, 0.5) is 5.82 Å². The van der Waals surface area contributed by atoms with Crippen LogP contribution in [-0.2, 0) is 28.7 Å². The van der Waals surface area contributed by atoms with Gasteiger partial charge in [0.2, 0.25) is 0 Å². The molecule has 4 N–H and O–H groups in total. The summed E-state index contributed by atoms with van der Waals surface area (Å²) in [6, 6.07) is 3.97. The van der Waals surface area contributed by atoms with E-state index < -0.39 is 23.4 Å². The van der Waals surface area contributed by atoms with Crippen molar-refractivity contribution in [3.8, 4) is 0 Å². The Hall–Kier alpha value is -3.69. The zero-order valence-corrected chi connectivity index (χ0v) is 41.3. The first kappa shape index (κ1) is 46.7. The summed E-state index contributed by atoms with van der Waals surface area (Å²) >= 11 is 0. The second kappa shape index (κ2) is 18.8. The van der Waals surface area contributed by atoms with E-state index in [0.29, 0.717) is 54.2 Å². The molecule has 9 atom stereocenters. The van der Waals surface area contributed by atoms with Gasteiger partial charge in [-0.3, -0.25) is 14.5 Å². The maximum absolute atomic E-state index is 15.3. The van der Waals surface area contributed by atoms with Crippen LogP contribution in [0.2, 0.25) is 0 Å². The Morgan fingerprint density at radius 3 is 2.53 bits per heavy atom. The number of allylic oxidation sites excluding steroid dienone is 4. The van der Waals surface area contributed by atoms with Crippen molar-refractivity contribution in [3.63, 3.8) is 0 Å². The number of carbonyl (C=O) groups excluding carboxylic acids is 4. The fourth-order valence-corrected chi connectivity index (χ4v) is 18.0. The number of pyridine rings is 1. The van der Waals surface area contributed by atoms with Crippen molar-refractivity contribution in [2.75, 3.05) is 30.9 Å². The lowest BCUT2D eigenvalue weighted by molar-refractivity contribution is -0.137. The Morgan fingerprint density at radius 1 is 0.985 bits per heavy atom. The van der Waals surface area contributed by atoms with Gasteiger partial charge in [0, 0.05) is 61.0 Å². The van der Waals surface area contributed by atoms with E-state index in [4.69, 9.17) is 14.5 Å². The molecule has 68 heavy (non-hydrogen) atoms. The monoisotopic (exact) mass is 964 g/mol. The number of imide groups is 1. The summed E-state index contributed by atoms with van der Waals surface area (Å²) < 4.78 is 13.4. The molecule has 1 spiro atoms. The van der Waals surface area contributed by atoms with Crippen LogP contribution in [0.1, 0.15) is 134 Å². The summed E-state index contributed by atoms with van der Waals surface area (Å²) in [7, 11) is 3.47. The molecule has 1 aromatic rings. The van der Waals surface area contributed by atoms with Gasteiger partial charge >= 0.3 is 11.9 Å². The van der Waals surface area contributed by atoms with E-state index in [1.807, 2.05) is 19.1 Å². The van der Waals surface area contributed by atoms with Gasteiger partial charge in [-0.05, 0) is 166 Å². The fraction of sp³-hybridized carbons (Fsp3) is 0.648. The van der Waals surface area contributed by atoms with E-state index in [9.17, 15) is 19.8 Å². The lowest BCUT2D eigenvalue weighted by Crippen LogP contribution is -2.54. The van der Waals surface area contributed by atoms with Gasteiger partial charge in [-0.1, -0.05) is 54.2 Å². The molecule has 7 aliphatic carbocycles. The van der Waals surface area contributed by atoms with Crippen molar-refractivity contribution in [2.45, 2.75) is 140 Å². The lowest BCUT2D eigenvalue weighted by atomic mass is 9.42. The molecule has 1 saturated heterocycles. The quantitative estimate of drug-likeness (QED) is 0.0944. The summed E-state index contributed by atoms with van der Waals surface area (Å²) in [6.07, 6.45) is 22.7. The van der Waals surface area contributed by atoms with Crippen LogP contribution in [0, 0.1) is 52.3 Å². The van der Waals surface area contributed by atoms with Gasteiger partial charge in [-0.2, -0.15) is 0 Å². The number of fused-ring (bicyclic) bond motifs is 3. The predicted octanol–water partition coefficient (Wildman–Crippen LogP) is 9.01. The Morgan fingerprint density at radius 2 is 1.78 bits per heavy atom. The highest BCUT2D eigenvalue weighted by atomic mass is 33.1. The summed E-state index contributed by atoms with van der Waals surface area (Å²) in [5.74, 6) is 1.64. The van der Waals surface area contributed by atoms with E-state index >= 15 is 9.59 Å². The number of rotatable bonds is 11. The standard InChI is InChI=1S/C54H68N4O8S2/c1-3-53(20-4-5-21-53)39-14-12-34-25-37-36-18-22-54(47(37)46-44(34)49(39)66-51(46)63)40-15-13-35(32-10-8-31(9-11-32)7-6-24-59)50(56-27-30(2)60)68-67-29-57-41-26-33(19-23-55-41)38(45(36)48(54)52(64)65-40)28-58-42(61)16-17-43(58)62/h15-17,19,23,26,30-32,34-38,47,50,56,59-60H,3-14,18,20-22,24-25,27-29H2,1-2H3,(H,55,57). The van der Waals surface area contributed by atoms with Crippen LogP contribution in [0.5, 0.6) is 0 Å². The molecule has 2 amide bonds. The molecule has 1 aromatic heterocycles. The predicted molar refractivity (Wildman–Crippen MR) is 262 cm³/mol. The zero-order chi connectivity index (χ0) is 46.9. The number of anilines is 1. The number of hydrogen-bond acceptors (Lipinski definition) is 13. The van der Waals surface area contributed by atoms with Crippen molar-refractivity contribution in [2.24, 2.45) is 52.3 Å². The molecule has 9 unspecified atom stereocenters. The first-order chi connectivity index (χ1) is 33.0. The van der Waals surface area contributed by atoms with Crippen LogP contribution in [0.3, 0.4) is 0 Å². The summed E-state index contributed by atoms with van der Waals surface area (Å²) in [5, 5.41) is 27.5. The second-order valence-corrected chi connectivity index (χ2v) is 24.3. The van der Waals surface area contributed by atoms with Gasteiger partial charge in [0.05, 0.1) is 28.3 Å². The van der Waals surface area contributed by atoms with Gasteiger partial charge < -0.3 is 30.3 Å². The van der Waals surface area contributed by atoms with Crippen molar-refractivity contribution < 1.29 is 38.9 Å². The van der Waals surface area contributed by atoms with Crippen LogP contribution >= 0.6 is 21.6 Å². The fourth-order valence-electron chi connectivity index (χ4n) is 15.5. The number of aliphatic hydroxyl groups is 2. The third kappa shape index (κ3) is 7.80. The second-order valence-electron chi connectivity index (χ2n) is 21.8. The third-order valence-electron chi connectivity index (χ3n) is 18.6. The van der Waals surface area contributed by atoms with Gasteiger partial charge in [-0.15, -0.1) is 0 Å². The van der Waals surface area contributed by atoms with Crippen molar-refractivity contribution in [1.29, 1.82) is 0 Å². The number of nitrogens with one attached hydrogen (secondary N) is 2. The highest BCUT2D eigenvalue weighted by Crippen LogP contribution is 2.73. The van der Waals surface area contributed by atoms with Crippen molar-refractivity contribution in [1.82, 2.24) is 15.2 Å². The molecule has 12 rings (SSSR count). The molecule has 7 bridgehead atoms. The molecule has 4 fully saturated rings. The highest BCUT2D eigenvalue weighted by molar-refractivity contribution is 8.76. The molecule has 3 saturated carbocycles. The topological polar surface area (TPSA) is 167 Å². The number of hydrogen-bond donors (Lipinski definition) is 4. The molecule has 364 valence electrons. The number of aromatic nitrogens is 1. The minimum Gasteiger partial charge on any atom is -0.427 e. The Kier molecular flexibility index (Phi) is 12.9. The van der Waals surface area contributed by atoms with E-state index in [-0.39, 0.29) is 71.3 Å². The van der Waals surface area contributed by atoms with Crippen LogP contribution in [0.15, 0.2) is 75.9 Å². The number of amides is 2. The lowest BCUT2D eigenvalue weighted by Gasteiger charge is -2.58. The zero-order valence-electron chi connectivity index (χ0n) is 39.6. The average Bonchev–Trinajstić information content (AvgIpc) is 4.12. The SMILES string of the molecule is CCC1(C2=C3OC(=O)C4=C3C(CC2)CC2C3CCC5(C6=CCC(C7CCC(CCCO)CC7)C(NCC(C)O)SSCNc7cc(ccn7)C(CN7C(=O)C=CC7=O)C3=C5C(=O)O6)C42)CCCC1. The molecular weight excluding hydrogens is 897 g/mol. The normalized spacial score (nSPS) is 35.6. The number of carbonyl (C=O) groups is 4. The van der Waals surface area contributed by atoms with E-state index in [0.717, 1.165) is 112 Å². The van der Waals surface area contributed by atoms with Gasteiger partial charge in [0.15, 0.2) is 0 Å². The average molecular weight is 965 g/mol. The van der Waals surface area contributed by atoms with Gasteiger partial charge in [0.1, 0.15) is 17.3 Å². The van der Waals surface area contributed by atoms with Gasteiger partial charge in [-0.25, -0.2) is 14.6 Å². The van der Waals surface area contributed by atoms with E-state index in [1.54, 1.807) is 27.8 Å². The molecule has 14 heteroatoms. The Labute approximate surface area is 408 Å². The van der Waals surface area contributed by atoms with Gasteiger partial charge in [0.25, 0.3) is 11.8 Å². The summed E-state index contributed by atoms with van der Waals surface area (Å²) in [4.78, 5) is 63.3. The number of nitrogens with zero attached hydrogens (tertiary/aromatic N) is 2. The minimum absolute atomic E-state index is 0.00514. The molecule has 12 nitrogen and oxygen atoms in total. The van der Waals surface area contributed by atoms with E-state index in [2.05, 4.69) is 23.6 Å². The molecule has 5 heterocycles. The number of esters is 2. The molecular formula is C54H68N4O8S2. The van der Waals surface area contributed by atoms with Crippen molar-refractivity contribution >= 4 is 51.2 Å². The minimum atomic E-state index is -0.946. The maximum Gasteiger partial charge on any atom is 0.340 e. The first-order valence-electron chi connectivity index (χ1n) is 26.0. The Balaban J connectivity index is 1.10. The largest absolute Gasteiger partial charge is 0.427 e. The molecule has 11 aliphatic rings. The molecule has 4 aliphatic heterocycles. The first-order valence-corrected chi connectivity index (χ1v) is 28.3. The highest BCUT2D eigenvalue weighted by Gasteiger charge is 2.70. The van der Waals surface area contributed by atoms with Crippen molar-refractivity contribution in [3.05, 3.63) is 81.5 Å². The summed E-state index contributed by atoms with van der Waals surface area (Å²) in [6.45, 7) is 4.83. The summed E-state index contributed by atoms with van der Waals surface area (Å²) in [5.41, 5.74) is 4.74. The smallest absolute Gasteiger partial charge is 0.340 e.